The maximum absolute atomic E-state index is 12.2. The van der Waals surface area contributed by atoms with E-state index in [0.29, 0.717) is 35.8 Å². The van der Waals surface area contributed by atoms with Crippen LogP contribution in [-0.4, -0.2) is 45.4 Å². The van der Waals surface area contributed by atoms with Gasteiger partial charge in [-0.15, -0.1) is 0 Å². The summed E-state index contributed by atoms with van der Waals surface area (Å²) >= 11 is 0. The Balaban J connectivity index is 1.88. The van der Waals surface area contributed by atoms with Crippen molar-refractivity contribution in [2.75, 3.05) is 28.4 Å². The van der Waals surface area contributed by atoms with E-state index in [1.54, 1.807) is 46.6 Å². The van der Waals surface area contributed by atoms with Crippen molar-refractivity contribution in [3.63, 3.8) is 0 Å². The zero-order valence-electron chi connectivity index (χ0n) is 17.3. The second kappa shape index (κ2) is 11.1. The molecule has 0 aliphatic heterocycles. The molecule has 29 heavy (non-hydrogen) atoms. The Kier molecular flexibility index (Phi) is 8.55. The predicted molar refractivity (Wildman–Crippen MR) is 112 cm³/mol. The molecule has 0 amide bonds. The van der Waals surface area contributed by atoms with Crippen molar-refractivity contribution < 1.29 is 28.8 Å². The number of carbonyl (C=O) groups excluding carboxylic acids is 1. The molecule has 1 N–H and O–H groups in total. The van der Waals surface area contributed by atoms with Gasteiger partial charge in [-0.2, -0.15) is 0 Å². The van der Waals surface area contributed by atoms with E-state index < -0.39 is 6.10 Å². The fourth-order valence-electron chi connectivity index (χ4n) is 2.92. The van der Waals surface area contributed by atoms with Crippen LogP contribution in [0.25, 0.3) is 6.08 Å². The zero-order valence-corrected chi connectivity index (χ0v) is 17.3. The van der Waals surface area contributed by atoms with Crippen LogP contribution in [0.2, 0.25) is 0 Å². The van der Waals surface area contributed by atoms with Crippen LogP contribution in [0.1, 0.15) is 24.0 Å². The molecule has 0 radical (unpaired) electrons. The molecule has 0 bridgehead atoms. The summed E-state index contributed by atoms with van der Waals surface area (Å²) in [5.41, 5.74) is 1.82. The molecule has 0 heterocycles. The first-order valence-electron chi connectivity index (χ1n) is 9.32. The predicted octanol–water partition coefficient (Wildman–Crippen LogP) is 3.69. The molecule has 0 unspecified atom stereocenters. The van der Waals surface area contributed by atoms with E-state index in [0.717, 1.165) is 11.1 Å². The van der Waals surface area contributed by atoms with Gasteiger partial charge >= 0.3 is 0 Å². The lowest BCUT2D eigenvalue weighted by molar-refractivity contribution is -0.116. The lowest BCUT2D eigenvalue weighted by Crippen LogP contribution is -2.13. The van der Waals surface area contributed by atoms with Crippen LogP contribution in [0, 0.1) is 0 Å². The number of carbonyl (C=O) groups is 1. The Hall–Kier alpha value is -2.99. The summed E-state index contributed by atoms with van der Waals surface area (Å²) in [5.74, 6) is 2.39. The highest BCUT2D eigenvalue weighted by molar-refractivity contribution is 5.93. The normalized spacial score (nSPS) is 11.9. The van der Waals surface area contributed by atoms with Gasteiger partial charge in [0.2, 0.25) is 0 Å². The number of hydrogen-bond donors (Lipinski definition) is 1. The smallest absolute Gasteiger partial charge is 0.161 e. The van der Waals surface area contributed by atoms with Crippen LogP contribution in [0.15, 0.2) is 42.5 Å². The summed E-state index contributed by atoms with van der Waals surface area (Å²) in [4.78, 5) is 12.2. The molecule has 2 aromatic rings. The van der Waals surface area contributed by atoms with Crippen LogP contribution in [0.4, 0.5) is 0 Å². The second-order valence-electron chi connectivity index (χ2n) is 6.50. The number of rotatable bonds is 11. The first-order chi connectivity index (χ1) is 14.0. The Morgan fingerprint density at radius 1 is 0.897 bits per heavy atom. The molecule has 0 saturated carbocycles. The van der Waals surface area contributed by atoms with Gasteiger partial charge in [0.15, 0.2) is 28.8 Å². The van der Waals surface area contributed by atoms with E-state index in [1.165, 1.54) is 6.08 Å². The number of hydrogen-bond acceptors (Lipinski definition) is 6. The minimum absolute atomic E-state index is 0.0665. The summed E-state index contributed by atoms with van der Waals surface area (Å²) in [6, 6.07) is 11.0. The van der Waals surface area contributed by atoms with Gasteiger partial charge in [-0.05, 0) is 54.3 Å². The second-order valence-corrected chi connectivity index (χ2v) is 6.50. The van der Waals surface area contributed by atoms with Gasteiger partial charge in [0.1, 0.15) is 0 Å². The number of aliphatic hydroxyl groups excluding tert-OH is 1. The van der Waals surface area contributed by atoms with Gasteiger partial charge < -0.3 is 24.1 Å². The topological polar surface area (TPSA) is 74.2 Å². The Labute approximate surface area is 171 Å². The van der Waals surface area contributed by atoms with Gasteiger partial charge in [0, 0.05) is 6.42 Å². The van der Waals surface area contributed by atoms with Gasteiger partial charge in [-0.3, -0.25) is 4.79 Å². The maximum atomic E-state index is 12.2. The molecule has 6 nitrogen and oxygen atoms in total. The standard InChI is InChI=1S/C23H28O6/c1-26-20-11-7-16(13-22(20)28-3)5-9-18(24)15-19(25)10-6-17-8-12-21(27-2)23(14-17)29-4/h5,7-9,11-14,19,25H,6,10,15H2,1-4H3/b9-5+/t19-/m0/s1. The number of allylic oxidation sites excluding steroid dienone is 1. The Bertz CT molecular complexity index is 843. The molecule has 0 aliphatic rings. The number of ether oxygens (including phenoxy) is 4. The lowest BCUT2D eigenvalue weighted by Gasteiger charge is -2.11. The van der Waals surface area contributed by atoms with Crippen LogP contribution < -0.4 is 18.9 Å². The van der Waals surface area contributed by atoms with E-state index in [1.807, 2.05) is 24.3 Å². The van der Waals surface area contributed by atoms with Crippen LogP contribution in [0.5, 0.6) is 23.0 Å². The summed E-state index contributed by atoms with van der Waals surface area (Å²) in [6.45, 7) is 0. The maximum Gasteiger partial charge on any atom is 0.161 e. The molecule has 2 rings (SSSR count). The van der Waals surface area contributed by atoms with E-state index in [9.17, 15) is 9.90 Å². The molecule has 1 atom stereocenters. The van der Waals surface area contributed by atoms with E-state index in [-0.39, 0.29) is 12.2 Å². The van der Waals surface area contributed by atoms with Crippen LogP contribution in [-0.2, 0) is 11.2 Å². The molecule has 2 aromatic carbocycles. The third-order valence-electron chi connectivity index (χ3n) is 4.52. The van der Waals surface area contributed by atoms with Gasteiger partial charge in [-0.25, -0.2) is 0 Å². The van der Waals surface area contributed by atoms with Crippen molar-refractivity contribution in [3.05, 3.63) is 53.6 Å². The molecule has 0 saturated heterocycles. The van der Waals surface area contributed by atoms with Crippen molar-refractivity contribution in [2.45, 2.75) is 25.4 Å². The average molecular weight is 400 g/mol. The third-order valence-corrected chi connectivity index (χ3v) is 4.52. The monoisotopic (exact) mass is 400 g/mol. The minimum atomic E-state index is -0.717. The van der Waals surface area contributed by atoms with E-state index in [2.05, 4.69) is 0 Å². The van der Waals surface area contributed by atoms with Crippen LogP contribution >= 0.6 is 0 Å². The van der Waals surface area contributed by atoms with Crippen LogP contribution in [0.3, 0.4) is 0 Å². The highest BCUT2D eigenvalue weighted by atomic mass is 16.5. The van der Waals surface area contributed by atoms with Crippen molar-refractivity contribution >= 4 is 11.9 Å². The van der Waals surface area contributed by atoms with E-state index in [4.69, 9.17) is 18.9 Å². The summed E-state index contributed by atoms with van der Waals surface area (Å²) in [7, 11) is 6.30. The number of ketones is 1. The fraction of sp³-hybridized carbons (Fsp3) is 0.348. The molecule has 0 spiro atoms. The Morgan fingerprint density at radius 3 is 2.10 bits per heavy atom. The number of methoxy groups -OCH3 is 4. The molecule has 0 fully saturated rings. The molecule has 0 aliphatic carbocycles. The minimum Gasteiger partial charge on any atom is -0.493 e. The highest BCUT2D eigenvalue weighted by Crippen LogP contribution is 2.29. The summed E-state index contributed by atoms with van der Waals surface area (Å²) in [5, 5.41) is 10.2. The molecule has 0 aromatic heterocycles. The summed E-state index contributed by atoms with van der Waals surface area (Å²) in [6.07, 6.45) is 3.63. The zero-order chi connectivity index (χ0) is 21.2. The Morgan fingerprint density at radius 2 is 1.48 bits per heavy atom. The van der Waals surface area contributed by atoms with Crippen molar-refractivity contribution in [2.24, 2.45) is 0 Å². The third kappa shape index (κ3) is 6.54. The van der Waals surface area contributed by atoms with Gasteiger partial charge in [-0.1, -0.05) is 18.2 Å². The number of benzene rings is 2. The highest BCUT2D eigenvalue weighted by Gasteiger charge is 2.11. The van der Waals surface area contributed by atoms with Crippen molar-refractivity contribution in [1.29, 1.82) is 0 Å². The molecule has 156 valence electrons. The molecular formula is C23H28O6. The van der Waals surface area contributed by atoms with E-state index >= 15 is 0 Å². The first-order valence-corrected chi connectivity index (χ1v) is 9.32. The largest absolute Gasteiger partial charge is 0.493 e. The first kappa shape index (κ1) is 22.3. The number of aryl methyl sites for hydroxylation is 1. The SMILES string of the molecule is COc1ccc(/C=C/C(=O)C[C@@H](O)CCc2ccc(OC)c(OC)c2)cc1OC. The molecule has 6 heteroatoms. The average Bonchev–Trinajstić information content (AvgIpc) is 2.75. The quantitative estimate of drug-likeness (QED) is 0.580. The van der Waals surface area contributed by atoms with Crippen molar-refractivity contribution in [1.82, 2.24) is 0 Å². The lowest BCUT2D eigenvalue weighted by atomic mass is 10.0. The van der Waals surface area contributed by atoms with Gasteiger partial charge in [0.25, 0.3) is 0 Å². The van der Waals surface area contributed by atoms with Gasteiger partial charge in [0.05, 0.1) is 34.5 Å². The van der Waals surface area contributed by atoms with Crippen molar-refractivity contribution in [3.8, 4) is 23.0 Å². The fourth-order valence-corrected chi connectivity index (χ4v) is 2.92. The summed E-state index contributed by atoms with van der Waals surface area (Å²) < 4.78 is 21.0. The molecular weight excluding hydrogens is 372 g/mol. The number of aliphatic hydroxyl groups is 1.